The molecule has 0 fully saturated rings. The van der Waals surface area contributed by atoms with Crippen LogP contribution in [0.4, 0.5) is 0 Å². The second-order valence-corrected chi connectivity index (χ2v) is 3.80. The summed E-state index contributed by atoms with van der Waals surface area (Å²) in [5.74, 6) is -0.0646. The van der Waals surface area contributed by atoms with Crippen molar-refractivity contribution in [1.29, 1.82) is 5.26 Å². The first-order valence-corrected chi connectivity index (χ1v) is 5.33. The summed E-state index contributed by atoms with van der Waals surface area (Å²) in [6.07, 6.45) is 0. The van der Waals surface area contributed by atoms with Gasteiger partial charge in [0.15, 0.2) is 0 Å². The quantitative estimate of drug-likeness (QED) is 0.727. The van der Waals surface area contributed by atoms with Gasteiger partial charge in [-0.3, -0.25) is 4.79 Å². The van der Waals surface area contributed by atoms with E-state index in [2.05, 4.69) is 0 Å². The first-order chi connectivity index (χ1) is 7.60. The molecule has 0 N–H and O–H groups in total. The van der Waals surface area contributed by atoms with E-state index in [0.717, 1.165) is 11.1 Å². The zero-order chi connectivity index (χ0) is 12.1. The fourth-order valence-corrected chi connectivity index (χ4v) is 1.55. The molecule has 0 unspecified atom stereocenters. The Kier molecular flexibility index (Phi) is 4.07. The number of aryl methyl sites for hydroxylation is 2. The Balaban J connectivity index is 3.03. The zero-order valence-corrected chi connectivity index (χ0v) is 9.95. The minimum absolute atomic E-state index is 0.0646. The molecular formula is C13H16N2O. The number of carbonyl (C=O) groups excluding carboxylic acids is 1. The summed E-state index contributed by atoms with van der Waals surface area (Å²) in [5, 5.41) is 8.64. The molecule has 0 aliphatic rings. The van der Waals surface area contributed by atoms with Crippen molar-refractivity contribution in [2.24, 2.45) is 0 Å². The third-order valence-corrected chi connectivity index (χ3v) is 2.55. The molecule has 1 amide bonds. The maximum absolute atomic E-state index is 12.1. The fraction of sp³-hybridized carbons (Fsp3) is 0.385. The van der Waals surface area contributed by atoms with E-state index in [1.54, 1.807) is 4.90 Å². The predicted octanol–water partition coefficient (Wildman–Crippen LogP) is 2.29. The number of rotatable bonds is 3. The van der Waals surface area contributed by atoms with E-state index in [0.29, 0.717) is 12.1 Å². The zero-order valence-electron chi connectivity index (χ0n) is 9.95. The monoisotopic (exact) mass is 216 g/mol. The normalized spacial score (nSPS) is 9.62. The second kappa shape index (κ2) is 5.32. The molecule has 0 aromatic heterocycles. The van der Waals surface area contributed by atoms with Gasteiger partial charge in [-0.1, -0.05) is 17.7 Å². The molecule has 0 bridgehead atoms. The number of benzene rings is 1. The molecule has 84 valence electrons. The average molecular weight is 216 g/mol. The summed E-state index contributed by atoms with van der Waals surface area (Å²) in [7, 11) is 0. The van der Waals surface area contributed by atoms with E-state index in [1.165, 1.54) is 0 Å². The van der Waals surface area contributed by atoms with Gasteiger partial charge in [-0.05, 0) is 32.4 Å². The third-order valence-electron chi connectivity index (χ3n) is 2.55. The smallest absolute Gasteiger partial charge is 0.254 e. The molecule has 0 saturated carbocycles. The molecule has 0 heterocycles. The van der Waals surface area contributed by atoms with Crippen molar-refractivity contribution >= 4 is 5.91 Å². The van der Waals surface area contributed by atoms with Gasteiger partial charge in [0, 0.05) is 12.1 Å². The van der Waals surface area contributed by atoms with E-state index in [-0.39, 0.29) is 12.5 Å². The predicted molar refractivity (Wildman–Crippen MR) is 63.1 cm³/mol. The lowest BCUT2D eigenvalue weighted by Crippen LogP contribution is -2.31. The number of hydrogen-bond acceptors (Lipinski definition) is 2. The summed E-state index contributed by atoms with van der Waals surface area (Å²) in [5.41, 5.74) is 2.70. The Morgan fingerprint density at radius 1 is 1.44 bits per heavy atom. The van der Waals surface area contributed by atoms with E-state index in [4.69, 9.17) is 5.26 Å². The first kappa shape index (κ1) is 12.3. The topological polar surface area (TPSA) is 44.1 Å². The SMILES string of the molecule is CCN(CC#N)C(=O)c1cc(C)ccc1C. The number of nitriles is 1. The molecule has 0 saturated heterocycles. The van der Waals surface area contributed by atoms with Crippen LogP contribution in [0, 0.1) is 25.2 Å². The van der Waals surface area contributed by atoms with Crippen LogP contribution in [0.3, 0.4) is 0 Å². The van der Waals surface area contributed by atoms with Gasteiger partial charge in [-0.15, -0.1) is 0 Å². The van der Waals surface area contributed by atoms with Gasteiger partial charge in [0.2, 0.25) is 0 Å². The number of amides is 1. The maximum atomic E-state index is 12.1. The molecule has 3 nitrogen and oxygen atoms in total. The summed E-state index contributed by atoms with van der Waals surface area (Å²) in [6, 6.07) is 7.79. The van der Waals surface area contributed by atoms with E-state index < -0.39 is 0 Å². The van der Waals surface area contributed by atoms with E-state index >= 15 is 0 Å². The van der Waals surface area contributed by atoms with Gasteiger partial charge in [0.1, 0.15) is 6.54 Å². The van der Waals surface area contributed by atoms with Crippen molar-refractivity contribution in [1.82, 2.24) is 4.90 Å². The maximum Gasteiger partial charge on any atom is 0.254 e. The Morgan fingerprint density at radius 3 is 2.69 bits per heavy atom. The highest BCUT2D eigenvalue weighted by atomic mass is 16.2. The summed E-state index contributed by atoms with van der Waals surface area (Å²) in [6.45, 7) is 6.44. The van der Waals surface area contributed by atoms with Crippen LogP contribution in [-0.2, 0) is 0 Å². The van der Waals surface area contributed by atoms with E-state index in [9.17, 15) is 4.79 Å². The number of nitrogens with zero attached hydrogens (tertiary/aromatic N) is 2. The second-order valence-electron chi connectivity index (χ2n) is 3.80. The highest BCUT2D eigenvalue weighted by Gasteiger charge is 2.15. The molecule has 0 spiro atoms. The van der Waals surface area contributed by atoms with Crippen LogP contribution in [0.25, 0.3) is 0 Å². The van der Waals surface area contributed by atoms with Crippen LogP contribution in [0.15, 0.2) is 18.2 Å². The highest BCUT2D eigenvalue weighted by molar-refractivity contribution is 5.95. The van der Waals surface area contributed by atoms with Gasteiger partial charge in [-0.2, -0.15) is 5.26 Å². The summed E-state index contributed by atoms with van der Waals surface area (Å²) < 4.78 is 0. The lowest BCUT2D eigenvalue weighted by atomic mass is 10.0. The number of carbonyl (C=O) groups is 1. The molecule has 3 heteroatoms. The van der Waals surface area contributed by atoms with Gasteiger partial charge >= 0.3 is 0 Å². The van der Waals surface area contributed by atoms with Gasteiger partial charge in [0.25, 0.3) is 5.91 Å². The Bertz CT molecular complexity index is 432. The van der Waals surface area contributed by atoms with Crippen LogP contribution in [0.5, 0.6) is 0 Å². The van der Waals surface area contributed by atoms with Crippen LogP contribution in [0.2, 0.25) is 0 Å². The highest BCUT2D eigenvalue weighted by Crippen LogP contribution is 2.13. The van der Waals surface area contributed by atoms with Crippen LogP contribution in [0.1, 0.15) is 28.4 Å². The van der Waals surface area contributed by atoms with Crippen LogP contribution < -0.4 is 0 Å². The Labute approximate surface area is 96.3 Å². The van der Waals surface area contributed by atoms with Crippen molar-refractivity contribution in [3.05, 3.63) is 34.9 Å². The van der Waals surface area contributed by atoms with Gasteiger partial charge < -0.3 is 4.90 Å². The van der Waals surface area contributed by atoms with Crippen LogP contribution in [-0.4, -0.2) is 23.9 Å². The van der Waals surface area contributed by atoms with E-state index in [1.807, 2.05) is 45.0 Å². The summed E-state index contributed by atoms with van der Waals surface area (Å²) >= 11 is 0. The minimum atomic E-state index is -0.0646. The van der Waals surface area contributed by atoms with Crippen LogP contribution >= 0.6 is 0 Å². The molecule has 1 aromatic carbocycles. The third kappa shape index (κ3) is 2.60. The molecular weight excluding hydrogens is 200 g/mol. The molecule has 0 radical (unpaired) electrons. The Hall–Kier alpha value is -1.82. The largest absolute Gasteiger partial charge is 0.326 e. The molecule has 0 atom stereocenters. The molecule has 0 aliphatic heterocycles. The lowest BCUT2D eigenvalue weighted by Gasteiger charge is -2.18. The molecule has 0 aliphatic carbocycles. The lowest BCUT2D eigenvalue weighted by molar-refractivity contribution is 0.0783. The Morgan fingerprint density at radius 2 is 2.12 bits per heavy atom. The van der Waals surface area contributed by atoms with Crippen molar-refractivity contribution in [3.8, 4) is 6.07 Å². The first-order valence-electron chi connectivity index (χ1n) is 5.33. The van der Waals surface area contributed by atoms with Crippen molar-refractivity contribution in [2.45, 2.75) is 20.8 Å². The standard InChI is InChI=1S/C13H16N2O/c1-4-15(8-7-14)13(16)12-9-10(2)5-6-11(12)3/h5-6,9H,4,8H2,1-3H3. The molecule has 1 rings (SSSR count). The fourth-order valence-electron chi connectivity index (χ4n) is 1.55. The van der Waals surface area contributed by atoms with Gasteiger partial charge in [-0.25, -0.2) is 0 Å². The molecule has 1 aromatic rings. The van der Waals surface area contributed by atoms with Crippen molar-refractivity contribution < 1.29 is 4.79 Å². The minimum Gasteiger partial charge on any atom is -0.326 e. The average Bonchev–Trinajstić information content (AvgIpc) is 2.28. The number of hydrogen-bond donors (Lipinski definition) is 0. The molecule has 16 heavy (non-hydrogen) atoms. The van der Waals surface area contributed by atoms with Gasteiger partial charge in [0.05, 0.1) is 6.07 Å². The van der Waals surface area contributed by atoms with Crippen molar-refractivity contribution in [3.63, 3.8) is 0 Å². The summed E-state index contributed by atoms with van der Waals surface area (Å²) in [4.78, 5) is 13.7. The van der Waals surface area contributed by atoms with Crippen molar-refractivity contribution in [2.75, 3.05) is 13.1 Å².